The van der Waals surface area contributed by atoms with E-state index in [1.807, 2.05) is 0 Å². The van der Waals surface area contributed by atoms with Crippen molar-refractivity contribution >= 4 is 16.9 Å². The molecule has 4 rings (SSSR count). The lowest BCUT2D eigenvalue weighted by Gasteiger charge is -2.27. The molecule has 1 heterocycles. The number of rotatable bonds is 5. The van der Waals surface area contributed by atoms with Gasteiger partial charge >= 0.3 is 5.97 Å². The zero-order chi connectivity index (χ0) is 23.2. The largest absolute Gasteiger partial charge is 0.507 e. The average Bonchev–Trinajstić information content (AvgIpc) is 3.10. The number of nitrogens with zero attached hydrogens (tertiary/aromatic N) is 1. The molecule has 32 heavy (non-hydrogen) atoms. The van der Waals surface area contributed by atoms with Crippen molar-refractivity contribution in [2.45, 2.75) is 19.3 Å². The highest BCUT2D eigenvalue weighted by Crippen LogP contribution is 2.46. The highest BCUT2D eigenvalue weighted by atomic mass is 19.1. The van der Waals surface area contributed by atoms with Gasteiger partial charge in [-0.15, -0.1) is 0 Å². The predicted molar refractivity (Wildman–Crippen MR) is 117 cm³/mol. The van der Waals surface area contributed by atoms with Crippen molar-refractivity contribution in [1.82, 2.24) is 4.57 Å². The number of phenols is 1. The fourth-order valence-corrected chi connectivity index (χ4v) is 4.00. The fourth-order valence-electron chi connectivity index (χ4n) is 4.00. The van der Waals surface area contributed by atoms with E-state index < -0.39 is 23.0 Å². The van der Waals surface area contributed by atoms with Crippen LogP contribution < -0.4 is 0 Å². The zero-order valence-corrected chi connectivity index (χ0v) is 17.4. The molecule has 164 valence electrons. The van der Waals surface area contributed by atoms with Crippen LogP contribution in [0.4, 0.5) is 8.78 Å². The van der Waals surface area contributed by atoms with E-state index in [2.05, 4.69) is 0 Å². The standard InChI is InChI=1S/C25H21F2NO4/c1-25(2,13-29)23-21(14-3-5-15(6-4-14)24(31)32)22-19(11-17(27)12-20(22)30)28(23)18-9-7-16(26)8-10-18/h3-12,29-30H,13H2,1-2H3,(H,31,32). The van der Waals surface area contributed by atoms with Gasteiger partial charge in [0, 0.05) is 28.4 Å². The number of aromatic hydroxyl groups is 1. The Hall–Kier alpha value is -3.71. The van der Waals surface area contributed by atoms with Crippen LogP contribution in [-0.2, 0) is 5.41 Å². The molecule has 0 bridgehead atoms. The van der Waals surface area contributed by atoms with E-state index in [1.54, 1.807) is 30.5 Å². The van der Waals surface area contributed by atoms with Crippen LogP contribution in [0.5, 0.6) is 5.75 Å². The minimum atomic E-state index is -1.08. The lowest BCUT2D eigenvalue weighted by atomic mass is 9.84. The third-order valence-electron chi connectivity index (χ3n) is 5.55. The summed E-state index contributed by atoms with van der Waals surface area (Å²) >= 11 is 0. The first kappa shape index (κ1) is 21.5. The number of benzene rings is 3. The molecule has 3 aromatic carbocycles. The zero-order valence-electron chi connectivity index (χ0n) is 17.4. The van der Waals surface area contributed by atoms with E-state index in [1.165, 1.54) is 42.5 Å². The molecule has 0 aliphatic carbocycles. The van der Waals surface area contributed by atoms with E-state index in [9.17, 15) is 28.9 Å². The monoisotopic (exact) mass is 437 g/mol. The Bertz CT molecular complexity index is 1320. The van der Waals surface area contributed by atoms with Crippen LogP contribution in [0, 0.1) is 11.6 Å². The van der Waals surface area contributed by atoms with Crippen molar-refractivity contribution in [3.05, 3.63) is 83.6 Å². The Morgan fingerprint density at radius 1 is 0.969 bits per heavy atom. The van der Waals surface area contributed by atoms with Gasteiger partial charge in [-0.2, -0.15) is 0 Å². The molecule has 0 amide bonds. The Morgan fingerprint density at radius 2 is 1.59 bits per heavy atom. The first-order chi connectivity index (χ1) is 15.1. The van der Waals surface area contributed by atoms with Crippen LogP contribution in [0.2, 0.25) is 0 Å². The quantitative estimate of drug-likeness (QED) is 0.398. The Kier molecular flexibility index (Phi) is 5.22. The maximum atomic E-state index is 14.4. The maximum Gasteiger partial charge on any atom is 0.335 e. The molecule has 0 atom stereocenters. The summed E-state index contributed by atoms with van der Waals surface area (Å²) in [5.41, 5.74) is 1.75. The van der Waals surface area contributed by atoms with Gasteiger partial charge < -0.3 is 19.9 Å². The molecular formula is C25H21F2NO4. The van der Waals surface area contributed by atoms with Gasteiger partial charge in [-0.1, -0.05) is 26.0 Å². The molecule has 1 aromatic heterocycles. The van der Waals surface area contributed by atoms with Crippen LogP contribution in [0.1, 0.15) is 29.9 Å². The van der Waals surface area contributed by atoms with Crippen molar-refractivity contribution in [2.75, 3.05) is 6.61 Å². The summed E-state index contributed by atoms with van der Waals surface area (Å²) in [4.78, 5) is 11.3. The second kappa shape index (κ2) is 7.76. The van der Waals surface area contributed by atoms with Gasteiger partial charge in [-0.3, -0.25) is 0 Å². The van der Waals surface area contributed by atoms with Crippen LogP contribution >= 0.6 is 0 Å². The van der Waals surface area contributed by atoms with Crippen LogP contribution in [0.25, 0.3) is 27.7 Å². The van der Waals surface area contributed by atoms with Gasteiger partial charge in [0.05, 0.1) is 23.1 Å². The highest BCUT2D eigenvalue weighted by Gasteiger charge is 2.33. The van der Waals surface area contributed by atoms with Gasteiger partial charge in [0.15, 0.2) is 0 Å². The van der Waals surface area contributed by atoms with Crippen molar-refractivity contribution < 1.29 is 28.9 Å². The molecule has 0 saturated carbocycles. The summed E-state index contributed by atoms with van der Waals surface area (Å²) in [6.07, 6.45) is 0. The fraction of sp³-hybridized carbons (Fsp3) is 0.160. The van der Waals surface area contributed by atoms with E-state index in [4.69, 9.17) is 0 Å². The topological polar surface area (TPSA) is 82.7 Å². The third kappa shape index (κ3) is 3.50. The number of aromatic nitrogens is 1. The predicted octanol–water partition coefficient (Wildman–Crippen LogP) is 5.25. The first-order valence-electron chi connectivity index (χ1n) is 9.92. The Labute approximate surface area is 182 Å². The summed E-state index contributed by atoms with van der Waals surface area (Å²) in [6.45, 7) is 3.32. The number of hydrogen-bond acceptors (Lipinski definition) is 3. The number of hydrogen-bond donors (Lipinski definition) is 3. The van der Waals surface area contributed by atoms with Gasteiger partial charge in [0.2, 0.25) is 0 Å². The van der Waals surface area contributed by atoms with E-state index in [0.29, 0.717) is 33.4 Å². The molecule has 7 heteroatoms. The SMILES string of the molecule is CC(C)(CO)c1c(-c2ccc(C(=O)O)cc2)c2c(O)cc(F)cc2n1-c1ccc(F)cc1. The number of aliphatic hydroxyl groups is 1. The number of aromatic carboxylic acids is 1. The summed E-state index contributed by atoms with van der Waals surface area (Å²) in [5.74, 6) is -2.47. The van der Waals surface area contributed by atoms with Gasteiger partial charge in [0.25, 0.3) is 0 Å². The van der Waals surface area contributed by atoms with Crippen LogP contribution in [-0.4, -0.2) is 32.5 Å². The lowest BCUT2D eigenvalue weighted by molar-refractivity contribution is 0.0697. The molecule has 0 spiro atoms. The van der Waals surface area contributed by atoms with Crippen molar-refractivity contribution in [3.63, 3.8) is 0 Å². The van der Waals surface area contributed by atoms with Crippen LogP contribution in [0.3, 0.4) is 0 Å². The molecule has 0 aliphatic rings. The van der Waals surface area contributed by atoms with Gasteiger partial charge in [-0.25, -0.2) is 13.6 Å². The summed E-state index contributed by atoms with van der Waals surface area (Å²) in [7, 11) is 0. The average molecular weight is 437 g/mol. The van der Waals surface area contributed by atoms with E-state index in [0.717, 1.165) is 6.07 Å². The highest BCUT2D eigenvalue weighted by molar-refractivity contribution is 6.04. The molecule has 3 N–H and O–H groups in total. The van der Waals surface area contributed by atoms with Gasteiger partial charge in [-0.05, 0) is 48.0 Å². The first-order valence-corrected chi connectivity index (χ1v) is 9.92. The Morgan fingerprint density at radius 3 is 2.16 bits per heavy atom. The summed E-state index contributed by atoms with van der Waals surface area (Å²) in [5, 5.41) is 30.5. The molecule has 0 unspecified atom stereocenters. The number of halogens is 2. The number of carboxylic acid groups (broad SMARTS) is 1. The number of carboxylic acids is 1. The molecule has 0 saturated heterocycles. The van der Waals surface area contributed by atoms with Crippen molar-refractivity contribution in [2.24, 2.45) is 0 Å². The van der Waals surface area contributed by atoms with Crippen molar-refractivity contribution in [3.8, 4) is 22.6 Å². The lowest BCUT2D eigenvalue weighted by Crippen LogP contribution is -2.26. The molecule has 5 nitrogen and oxygen atoms in total. The second-order valence-electron chi connectivity index (χ2n) is 8.28. The summed E-state index contributed by atoms with van der Waals surface area (Å²) < 4.78 is 29.7. The van der Waals surface area contributed by atoms with E-state index in [-0.39, 0.29) is 17.9 Å². The molecule has 0 fully saturated rings. The second-order valence-corrected chi connectivity index (χ2v) is 8.28. The summed E-state index contributed by atoms with van der Waals surface area (Å²) in [6, 6.07) is 14.0. The van der Waals surface area contributed by atoms with Crippen molar-refractivity contribution in [1.29, 1.82) is 0 Å². The smallest absolute Gasteiger partial charge is 0.335 e. The maximum absolute atomic E-state index is 14.4. The number of phenolic OH excluding ortho intramolecular Hbond substituents is 1. The van der Waals surface area contributed by atoms with Crippen LogP contribution in [0.15, 0.2) is 60.7 Å². The van der Waals surface area contributed by atoms with Gasteiger partial charge in [0.1, 0.15) is 17.4 Å². The third-order valence-corrected chi connectivity index (χ3v) is 5.55. The number of aliphatic hydroxyl groups excluding tert-OH is 1. The molecule has 0 radical (unpaired) electrons. The minimum Gasteiger partial charge on any atom is -0.507 e. The number of fused-ring (bicyclic) bond motifs is 1. The normalized spacial score (nSPS) is 11.8. The molecule has 4 aromatic rings. The Balaban J connectivity index is 2.18. The minimum absolute atomic E-state index is 0.0919. The molecule has 0 aliphatic heterocycles. The van der Waals surface area contributed by atoms with E-state index >= 15 is 0 Å². The molecular weight excluding hydrogens is 416 g/mol. The number of carbonyl (C=O) groups is 1.